The molecule has 0 amide bonds. The smallest absolute Gasteiger partial charge is 0.00490 e. The van der Waals surface area contributed by atoms with Crippen LogP contribution >= 0.6 is 0 Å². The van der Waals surface area contributed by atoms with E-state index in [0.717, 1.165) is 11.3 Å². The van der Waals surface area contributed by atoms with Crippen molar-refractivity contribution in [2.45, 2.75) is 34.6 Å². The van der Waals surface area contributed by atoms with Gasteiger partial charge in [0, 0.05) is 5.70 Å². The number of nitrogens with two attached hydrogens (primary N) is 1. The van der Waals surface area contributed by atoms with Crippen LogP contribution in [-0.2, 0) is 0 Å². The average Bonchev–Trinajstić information content (AvgIpc) is 2.27. The Kier molecular flexibility index (Phi) is 7.04. The lowest BCUT2D eigenvalue weighted by Gasteiger charge is -2.07. The summed E-state index contributed by atoms with van der Waals surface area (Å²) in [5, 5.41) is 0. The maximum Gasteiger partial charge on any atom is 0.00490 e. The van der Waals surface area contributed by atoms with Gasteiger partial charge in [0.1, 0.15) is 0 Å². The summed E-state index contributed by atoms with van der Waals surface area (Å²) in [6, 6.07) is 0. The molecule has 0 saturated heterocycles. The van der Waals surface area contributed by atoms with Crippen molar-refractivity contribution in [2.24, 2.45) is 11.7 Å². The lowest BCUT2D eigenvalue weighted by Crippen LogP contribution is -1.91. The molecular formula is C16H25N. The zero-order valence-electron chi connectivity index (χ0n) is 11.7. The molecule has 0 aromatic carbocycles. The third-order valence-electron chi connectivity index (χ3n) is 2.79. The molecule has 0 rings (SSSR count). The van der Waals surface area contributed by atoms with E-state index in [1.54, 1.807) is 0 Å². The predicted molar refractivity (Wildman–Crippen MR) is 78.6 cm³/mol. The molecule has 94 valence electrons. The van der Waals surface area contributed by atoms with Crippen LogP contribution in [-0.4, -0.2) is 0 Å². The van der Waals surface area contributed by atoms with Gasteiger partial charge in [-0.3, -0.25) is 0 Å². The van der Waals surface area contributed by atoms with Crippen molar-refractivity contribution < 1.29 is 0 Å². The number of rotatable bonds is 5. The average molecular weight is 231 g/mol. The van der Waals surface area contributed by atoms with E-state index in [1.165, 1.54) is 11.1 Å². The van der Waals surface area contributed by atoms with Gasteiger partial charge in [-0.2, -0.15) is 0 Å². The van der Waals surface area contributed by atoms with Crippen LogP contribution in [0, 0.1) is 5.92 Å². The normalized spacial score (nSPS) is 15.4. The van der Waals surface area contributed by atoms with Crippen molar-refractivity contribution in [1.29, 1.82) is 0 Å². The Morgan fingerprint density at radius 1 is 1.06 bits per heavy atom. The SMILES string of the molecule is C=CC(/C=C/C(C)=C(\C)C(C)C)=C\C=C(/C)N. The molecule has 1 heteroatoms. The highest BCUT2D eigenvalue weighted by molar-refractivity contribution is 5.37. The summed E-state index contributed by atoms with van der Waals surface area (Å²) in [7, 11) is 0. The van der Waals surface area contributed by atoms with Gasteiger partial charge >= 0.3 is 0 Å². The predicted octanol–water partition coefficient (Wildman–Crippen LogP) is 4.51. The molecule has 0 aliphatic rings. The molecule has 0 heterocycles. The summed E-state index contributed by atoms with van der Waals surface area (Å²) in [5.74, 6) is 0.585. The van der Waals surface area contributed by atoms with Gasteiger partial charge in [0.05, 0.1) is 0 Å². The minimum atomic E-state index is 0.585. The van der Waals surface area contributed by atoms with Crippen LogP contribution < -0.4 is 5.73 Å². The van der Waals surface area contributed by atoms with Gasteiger partial charge in [0.15, 0.2) is 0 Å². The van der Waals surface area contributed by atoms with E-state index >= 15 is 0 Å². The fourth-order valence-electron chi connectivity index (χ4n) is 1.23. The van der Waals surface area contributed by atoms with Gasteiger partial charge in [-0.25, -0.2) is 0 Å². The van der Waals surface area contributed by atoms with Gasteiger partial charge < -0.3 is 5.73 Å². The van der Waals surface area contributed by atoms with Crippen LogP contribution in [0.25, 0.3) is 0 Å². The first kappa shape index (κ1) is 15.5. The van der Waals surface area contributed by atoms with E-state index in [-0.39, 0.29) is 0 Å². The Hall–Kier alpha value is -1.50. The molecular weight excluding hydrogens is 206 g/mol. The van der Waals surface area contributed by atoms with Gasteiger partial charge in [0.25, 0.3) is 0 Å². The lowest BCUT2D eigenvalue weighted by atomic mass is 9.99. The van der Waals surface area contributed by atoms with Gasteiger partial charge in [0.2, 0.25) is 0 Å². The second-order valence-corrected chi connectivity index (χ2v) is 4.64. The molecule has 0 aromatic rings. The molecule has 0 radical (unpaired) electrons. The van der Waals surface area contributed by atoms with Crippen molar-refractivity contribution in [1.82, 2.24) is 0 Å². The molecule has 0 bridgehead atoms. The zero-order chi connectivity index (χ0) is 13.4. The van der Waals surface area contributed by atoms with Crippen molar-refractivity contribution in [3.8, 4) is 0 Å². The monoisotopic (exact) mass is 231 g/mol. The fourth-order valence-corrected chi connectivity index (χ4v) is 1.23. The third kappa shape index (κ3) is 6.62. The summed E-state index contributed by atoms with van der Waals surface area (Å²) in [6.07, 6.45) is 9.87. The molecule has 17 heavy (non-hydrogen) atoms. The zero-order valence-corrected chi connectivity index (χ0v) is 11.7. The molecule has 0 fully saturated rings. The summed E-state index contributed by atoms with van der Waals surface area (Å²) in [5.41, 5.74) is 10.2. The quantitative estimate of drug-likeness (QED) is 0.692. The number of hydrogen-bond acceptors (Lipinski definition) is 1. The van der Waals surface area contributed by atoms with Gasteiger partial charge in [-0.05, 0) is 38.3 Å². The van der Waals surface area contributed by atoms with Gasteiger partial charge in [-0.15, -0.1) is 0 Å². The van der Waals surface area contributed by atoms with Crippen LogP contribution in [0.2, 0.25) is 0 Å². The van der Waals surface area contributed by atoms with Crippen LogP contribution in [0.3, 0.4) is 0 Å². The first-order chi connectivity index (χ1) is 7.88. The second-order valence-electron chi connectivity index (χ2n) is 4.64. The summed E-state index contributed by atoms with van der Waals surface area (Å²) in [4.78, 5) is 0. The standard InChI is InChI=1S/C16H25N/c1-7-16(11-9-14(5)17)10-8-13(4)15(6)12(2)3/h7-12H,1,17H2,2-6H3/b10-8+,14-9+,15-13+,16-11+. The molecule has 0 aromatic heterocycles. The van der Waals surface area contributed by atoms with Crippen LogP contribution in [0.5, 0.6) is 0 Å². The Balaban J connectivity index is 4.93. The van der Waals surface area contributed by atoms with Crippen molar-refractivity contribution in [2.75, 3.05) is 0 Å². The molecule has 0 aliphatic heterocycles. The second kappa shape index (κ2) is 7.72. The Bertz CT molecular complexity index is 372. The molecule has 0 aliphatic carbocycles. The minimum absolute atomic E-state index is 0.585. The number of allylic oxidation sites excluding steroid dienone is 9. The highest BCUT2D eigenvalue weighted by Gasteiger charge is 1.98. The van der Waals surface area contributed by atoms with Crippen molar-refractivity contribution >= 4 is 0 Å². The molecule has 2 N–H and O–H groups in total. The molecule has 0 spiro atoms. The van der Waals surface area contributed by atoms with Crippen LogP contribution in [0.1, 0.15) is 34.6 Å². The largest absolute Gasteiger partial charge is 0.402 e. The highest BCUT2D eigenvalue weighted by Crippen LogP contribution is 2.15. The van der Waals surface area contributed by atoms with E-state index in [2.05, 4.69) is 46.4 Å². The third-order valence-corrected chi connectivity index (χ3v) is 2.79. The summed E-state index contributed by atoms with van der Waals surface area (Å²) in [6.45, 7) is 14.4. The topological polar surface area (TPSA) is 26.0 Å². The van der Waals surface area contributed by atoms with Crippen LogP contribution in [0.15, 0.2) is 59.4 Å². The van der Waals surface area contributed by atoms with E-state index in [4.69, 9.17) is 5.73 Å². The maximum atomic E-state index is 5.59. The molecule has 0 saturated carbocycles. The first-order valence-corrected chi connectivity index (χ1v) is 6.00. The Morgan fingerprint density at radius 3 is 2.06 bits per heavy atom. The highest BCUT2D eigenvalue weighted by atomic mass is 14.5. The minimum Gasteiger partial charge on any atom is -0.402 e. The molecule has 1 nitrogen and oxygen atoms in total. The fraction of sp³-hybridized carbons (Fsp3) is 0.375. The summed E-state index contributed by atoms with van der Waals surface area (Å²) >= 11 is 0. The molecule has 0 atom stereocenters. The Labute approximate surface area is 106 Å². The number of hydrogen-bond donors (Lipinski definition) is 1. The lowest BCUT2D eigenvalue weighted by molar-refractivity contribution is 0.760. The van der Waals surface area contributed by atoms with E-state index in [1.807, 2.05) is 25.2 Å². The van der Waals surface area contributed by atoms with Crippen LogP contribution in [0.4, 0.5) is 0 Å². The van der Waals surface area contributed by atoms with E-state index in [9.17, 15) is 0 Å². The maximum absolute atomic E-state index is 5.59. The van der Waals surface area contributed by atoms with E-state index in [0.29, 0.717) is 5.92 Å². The Morgan fingerprint density at radius 2 is 1.65 bits per heavy atom. The molecule has 0 unspecified atom stereocenters. The summed E-state index contributed by atoms with van der Waals surface area (Å²) < 4.78 is 0. The van der Waals surface area contributed by atoms with Crippen molar-refractivity contribution in [3.63, 3.8) is 0 Å². The van der Waals surface area contributed by atoms with Crippen molar-refractivity contribution in [3.05, 3.63) is 59.4 Å². The van der Waals surface area contributed by atoms with Gasteiger partial charge in [-0.1, -0.05) is 55.9 Å². The first-order valence-electron chi connectivity index (χ1n) is 6.00. The van der Waals surface area contributed by atoms with E-state index < -0.39 is 0 Å².